The molecule has 0 radical (unpaired) electrons. The summed E-state index contributed by atoms with van der Waals surface area (Å²) in [5.74, 6) is 1.90. The monoisotopic (exact) mass is 481 g/mol. The topological polar surface area (TPSA) is 82.4 Å². The predicted molar refractivity (Wildman–Crippen MR) is 136 cm³/mol. The number of rotatable bonds is 7. The average Bonchev–Trinajstić information content (AvgIpc) is 2.86. The van der Waals surface area contributed by atoms with Crippen molar-refractivity contribution < 1.29 is 19.4 Å². The van der Waals surface area contributed by atoms with E-state index in [0.717, 1.165) is 53.6 Å². The molecule has 2 aromatic rings. The van der Waals surface area contributed by atoms with Crippen LogP contribution in [-0.4, -0.2) is 66.0 Å². The summed E-state index contributed by atoms with van der Waals surface area (Å²) in [6.07, 6.45) is 3.14. The highest BCUT2D eigenvalue weighted by atomic mass is 32.2. The first-order chi connectivity index (χ1) is 16.4. The lowest BCUT2D eigenvalue weighted by Crippen LogP contribution is -2.34. The maximum absolute atomic E-state index is 13.2. The Labute approximate surface area is 204 Å². The largest absolute Gasteiger partial charge is 0.490 e. The number of carboxylic acids is 1. The molecule has 8 heteroatoms. The van der Waals surface area contributed by atoms with Crippen molar-refractivity contribution in [2.75, 3.05) is 36.5 Å². The van der Waals surface area contributed by atoms with Crippen molar-refractivity contribution in [1.82, 2.24) is 5.01 Å². The number of carbonyl (C=O) groups excluding carboxylic acids is 1. The molecule has 2 aromatic carbocycles. The molecule has 0 spiro atoms. The van der Waals surface area contributed by atoms with Gasteiger partial charge in [0, 0.05) is 48.8 Å². The van der Waals surface area contributed by atoms with Crippen LogP contribution in [0.5, 0.6) is 5.75 Å². The fourth-order valence-electron chi connectivity index (χ4n) is 4.42. The minimum atomic E-state index is -0.828. The van der Waals surface area contributed by atoms with Gasteiger partial charge in [-0.05, 0) is 54.3 Å². The third-order valence-electron chi connectivity index (χ3n) is 6.38. The van der Waals surface area contributed by atoms with E-state index in [1.807, 2.05) is 61.3 Å². The summed E-state index contributed by atoms with van der Waals surface area (Å²) in [6.45, 7) is 3.94. The van der Waals surface area contributed by atoms with E-state index in [1.165, 1.54) is 0 Å². The van der Waals surface area contributed by atoms with Crippen molar-refractivity contribution >= 4 is 35.5 Å². The second-order valence-corrected chi connectivity index (χ2v) is 9.94. The summed E-state index contributed by atoms with van der Waals surface area (Å²) in [6, 6.07) is 13.2. The molecule has 2 heterocycles. The van der Waals surface area contributed by atoms with Gasteiger partial charge in [0.05, 0.1) is 12.6 Å². The first-order valence-corrected chi connectivity index (χ1v) is 12.9. The highest BCUT2D eigenvalue weighted by Crippen LogP contribution is 2.34. The van der Waals surface area contributed by atoms with E-state index in [4.69, 9.17) is 4.74 Å². The van der Waals surface area contributed by atoms with Gasteiger partial charge in [0.1, 0.15) is 11.9 Å². The molecule has 0 bridgehead atoms. The van der Waals surface area contributed by atoms with Crippen LogP contribution in [0, 0.1) is 5.92 Å². The fraction of sp³-hybridized carbons (Fsp3) is 0.423. The third-order valence-corrected chi connectivity index (χ3v) is 7.32. The minimum absolute atomic E-state index is 0.0579. The number of hydrogen-bond donors (Lipinski definition) is 1. The maximum Gasteiger partial charge on any atom is 0.303 e. The molecule has 2 unspecified atom stereocenters. The minimum Gasteiger partial charge on any atom is -0.490 e. The van der Waals surface area contributed by atoms with Crippen LogP contribution in [0.1, 0.15) is 41.3 Å². The number of carboxylic acid groups (broad SMARTS) is 1. The van der Waals surface area contributed by atoms with Crippen molar-refractivity contribution in [3.63, 3.8) is 0 Å². The number of nitrogens with zero attached hydrogens (tertiary/aromatic N) is 3. The van der Waals surface area contributed by atoms with Crippen LogP contribution >= 0.6 is 11.8 Å². The van der Waals surface area contributed by atoms with E-state index in [2.05, 4.69) is 10.1 Å². The number of ether oxygens (including phenoxy) is 1. The summed E-state index contributed by atoms with van der Waals surface area (Å²) in [7, 11) is 1.76. The normalized spacial score (nSPS) is 20.0. The number of benzene rings is 2. The zero-order valence-electron chi connectivity index (χ0n) is 19.6. The quantitative estimate of drug-likeness (QED) is 0.599. The molecule has 0 aromatic heterocycles. The lowest BCUT2D eigenvalue weighted by molar-refractivity contribution is -0.139. The van der Waals surface area contributed by atoms with E-state index in [9.17, 15) is 14.7 Å². The van der Waals surface area contributed by atoms with Gasteiger partial charge in [-0.3, -0.25) is 14.6 Å². The molecule has 1 saturated heterocycles. The molecule has 34 heavy (non-hydrogen) atoms. The van der Waals surface area contributed by atoms with Gasteiger partial charge in [-0.15, -0.1) is 0 Å². The average molecular weight is 482 g/mol. The number of amides is 1. The molecule has 7 nitrogen and oxygen atoms in total. The molecule has 2 aliphatic heterocycles. The number of anilines is 1. The highest BCUT2D eigenvalue weighted by molar-refractivity contribution is 7.99. The SMILES string of the molecule is CCC1Oc2ccc(C(=O)N(C)c3ccc(C=NN4CCSCC4)cc3)cc2CC1CC(=O)O. The Hall–Kier alpha value is -3.00. The molecule has 2 aliphatic rings. The Morgan fingerprint density at radius 1 is 1.21 bits per heavy atom. The molecule has 2 atom stereocenters. The van der Waals surface area contributed by atoms with E-state index in [1.54, 1.807) is 18.0 Å². The molecule has 1 N–H and O–H groups in total. The van der Waals surface area contributed by atoms with Gasteiger partial charge in [-0.2, -0.15) is 16.9 Å². The number of thioether (sulfide) groups is 1. The van der Waals surface area contributed by atoms with Crippen LogP contribution in [0.25, 0.3) is 0 Å². The summed E-state index contributed by atoms with van der Waals surface area (Å²) in [5, 5.41) is 15.9. The Kier molecular flexibility index (Phi) is 7.77. The van der Waals surface area contributed by atoms with Crippen molar-refractivity contribution in [3.8, 4) is 5.75 Å². The van der Waals surface area contributed by atoms with Gasteiger partial charge in [0.2, 0.25) is 0 Å². The van der Waals surface area contributed by atoms with Gasteiger partial charge in [-0.25, -0.2) is 0 Å². The Balaban J connectivity index is 1.44. The Morgan fingerprint density at radius 2 is 1.94 bits per heavy atom. The van der Waals surface area contributed by atoms with Gasteiger partial charge in [-0.1, -0.05) is 19.1 Å². The summed E-state index contributed by atoms with van der Waals surface area (Å²) in [4.78, 5) is 26.1. The van der Waals surface area contributed by atoms with Crippen molar-refractivity contribution in [2.45, 2.75) is 32.3 Å². The lowest BCUT2D eigenvalue weighted by Gasteiger charge is -2.32. The predicted octanol–water partition coefficient (Wildman–Crippen LogP) is 4.15. The third kappa shape index (κ3) is 5.73. The number of fused-ring (bicyclic) bond motifs is 1. The standard InChI is InChI=1S/C26H31N3O4S/c1-3-23-21(16-25(30)31)15-20-14-19(6-9-24(20)33-23)26(32)28(2)22-7-4-18(5-8-22)17-27-29-10-12-34-13-11-29/h4-9,14,17,21,23H,3,10-13,15-16H2,1-2H3,(H,30,31). The smallest absolute Gasteiger partial charge is 0.303 e. The van der Waals surface area contributed by atoms with Gasteiger partial charge < -0.3 is 14.7 Å². The first-order valence-electron chi connectivity index (χ1n) is 11.7. The number of carbonyl (C=O) groups is 2. The second-order valence-electron chi connectivity index (χ2n) is 8.72. The Morgan fingerprint density at radius 3 is 2.62 bits per heavy atom. The number of hydrazone groups is 1. The summed E-state index contributed by atoms with van der Waals surface area (Å²) in [5.41, 5.74) is 3.23. The molecule has 0 saturated carbocycles. The number of aliphatic carboxylic acids is 1. The molecule has 1 fully saturated rings. The highest BCUT2D eigenvalue weighted by Gasteiger charge is 2.31. The first kappa shape index (κ1) is 24.1. The lowest BCUT2D eigenvalue weighted by atomic mass is 9.86. The van der Waals surface area contributed by atoms with Crippen LogP contribution in [0.4, 0.5) is 5.69 Å². The van der Waals surface area contributed by atoms with Crippen molar-refractivity contribution in [1.29, 1.82) is 0 Å². The molecule has 180 valence electrons. The zero-order valence-corrected chi connectivity index (χ0v) is 20.5. The van der Waals surface area contributed by atoms with E-state index in [-0.39, 0.29) is 24.3 Å². The maximum atomic E-state index is 13.2. The van der Waals surface area contributed by atoms with Crippen LogP contribution < -0.4 is 9.64 Å². The van der Waals surface area contributed by atoms with Gasteiger partial charge >= 0.3 is 5.97 Å². The van der Waals surface area contributed by atoms with E-state index >= 15 is 0 Å². The van der Waals surface area contributed by atoms with Crippen LogP contribution in [-0.2, 0) is 11.2 Å². The van der Waals surface area contributed by atoms with Gasteiger partial charge in [0.25, 0.3) is 5.91 Å². The van der Waals surface area contributed by atoms with Crippen molar-refractivity contribution in [2.24, 2.45) is 11.0 Å². The zero-order chi connectivity index (χ0) is 24.1. The summed E-state index contributed by atoms with van der Waals surface area (Å²) < 4.78 is 6.05. The van der Waals surface area contributed by atoms with Gasteiger partial charge in [0.15, 0.2) is 0 Å². The van der Waals surface area contributed by atoms with Crippen LogP contribution in [0.2, 0.25) is 0 Å². The van der Waals surface area contributed by atoms with E-state index < -0.39 is 5.97 Å². The fourth-order valence-corrected chi connectivity index (χ4v) is 5.30. The molecule has 4 rings (SSSR count). The second kappa shape index (κ2) is 11.0. The molecule has 1 amide bonds. The van der Waals surface area contributed by atoms with E-state index in [0.29, 0.717) is 12.0 Å². The number of hydrogen-bond acceptors (Lipinski definition) is 6. The Bertz CT molecular complexity index is 1050. The summed E-state index contributed by atoms with van der Waals surface area (Å²) >= 11 is 1.95. The van der Waals surface area contributed by atoms with Crippen LogP contribution in [0.3, 0.4) is 0 Å². The van der Waals surface area contributed by atoms with Crippen LogP contribution in [0.15, 0.2) is 47.6 Å². The molecular formula is C26H31N3O4S. The van der Waals surface area contributed by atoms with Crippen molar-refractivity contribution in [3.05, 3.63) is 59.2 Å². The molecular weight excluding hydrogens is 450 g/mol. The molecule has 0 aliphatic carbocycles.